The largest absolute Gasteiger partial charge is 0.316 e. The highest BCUT2D eigenvalue weighted by Gasteiger charge is 2.07. The van der Waals surface area contributed by atoms with E-state index in [-0.39, 0.29) is 12.3 Å². The normalized spacial score (nSPS) is 14.5. The van der Waals surface area contributed by atoms with Crippen LogP contribution in [0.15, 0.2) is 0 Å². The van der Waals surface area contributed by atoms with Crippen LogP contribution in [0.4, 0.5) is 0 Å². The van der Waals surface area contributed by atoms with Crippen molar-refractivity contribution in [3.63, 3.8) is 0 Å². The lowest BCUT2D eigenvalue weighted by Gasteiger charge is -2.19. The van der Waals surface area contributed by atoms with Crippen LogP contribution in [0.1, 0.15) is 77.0 Å². The molecule has 0 aliphatic rings. The Morgan fingerprint density at radius 1 is 0.632 bits per heavy atom. The van der Waals surface area contributed by atoms with E-state index in [1.807, 2.05) is 0 Å². The van der Waals surface area contributed by atoms with Crippen molar-refractivity contribution >= 4 is 0 Å². The summed E-state index contributed by atoms with van der Waals surface area (Å²) in [7, 11) is 0. The quantitative estimate of drug-likeness (QED) is 0.334. The molecule has 0 amide bonds. The summed E-state index contributed by atoms with van der Waals surface area (Å²) in [6.45, 7) is 7.70. The van der Waals surface area contributed by atoms with E-state index >= 15 is 0 Å². The van der Waals surface area contributed by atoms with Crippen molar-refractivity contribution in [3.05, 3.63) is 13.8 Å². The van der Waals surface area contributed by atoms with Crippen molar-refractivity contribution in [1.82, 2.24) is 5.32 Å². The number of rotatable bonds is 14. The molecule has 0 spiro atoms. The highest BCUT2D eigenvalue weighted by Crippen LogP contribution is 2.07. The van der Waals surface area contributed by atoms with E-state index in [4.69, 9.17) is 11.5 Å². The van der Waals surface area contributed by atoms with Crippen LogP contribution >= 0.6 is 0 Å². The average molecular weight is 269 g/mol. The van der Waals surface area contributed by atoms with E-state index in [0.717, 1.165) is 25.7 Å². The fraction of sp³-hybridized carbons (Fsp3) is 0.875. The maximum Gasteiger partial charge on any atom is 0.0558 e. The Morgan fingerprint density at radius 2 is 1.00 bits per heavy atom. The molecular weight excluding hydrogens is 234 g/mol. The molecule has 0 aliphatic heterocycles. The van der Waals surface area contributed by atoms with E-state index < -0.39 is 0 Å². The molecule has 2 unspecified atom stereocenters. The molecule has 0 fully saturated rings. The van der Waals surface area contributed by atoms with Crippen molar-refractivity contribution in [1.29, 1.82) is 0 Å². The highest BCUT2D eigenvalue weighted by atomic mass is 15.1. The van der Waals surface area contributed by atoms with Gasteiger partial charge in [-0.25, -0.2) is 0 Å². The van der Waals surface area contributed by atoms with Gasteiger partial charge in [0.15, 0.2) is 0 Å². The van der Waals surface area contributed by atoms with Crippen LogP contribution in [0, 0.1) is 13.8 Å². The molecule has 2 atom stereocenters. The summed E-state index contributed by atoms with van der Waals surface area (Å²) in [5, 5.41) is 3.29. The number of hydrogen-bond acceptors (Lipinski definition) is 3. The van der Waals surface area contributed by atoms with Crippen molar-refractivity contribution in [2.45, 2.75) is 89.4 Å². The number of hydrogen-bond donors (Lipinski definition) is 3. The fourth-order valence-electron chi connectivity index (χ4n) is 2.23. The van der Waals surface area contributed by atoms with E-state index in [0.29, 0.717) is 0 Å². The molecule has 0 rings (SSSR count). The third-order valence-corrected chi connectivity index (χ3v) is 3.46. The maximum absolute atomic E-state index is 6.03. The Labute approximate surface area is 120 Å². The van der Waals surface area contributed by atoms with E-state index in [2.05, 4.69) is 19.2 Å². The van der Waals surface area contributed by atoms with Gasteiger partial charge in [-0.1, -0.05) is 78.1 Å². The van der Waals surface area contributed by atoms with Gasteiger partial charge in [0.1, 0.15) is 0 Å². The Balaban J connectivity index is 3.34. The number of nitrogens with one attached hydrogen (secondary N) is 1. The first-order valence-corrected chi connectivity index (χ1v) is 8.06. The lowest BCUT2D eigenvalue weighted by atomic mass is 10.1. The van der Waals surface area contributed by atoms with Crippen molar-refractivity contribution < 1.29 is 0 Å². The third-order valence-electron chi connectivity index (χ3n) is 3.46. The van der Waals surface area contributed by atoms with E-state index in [1.54, 1.807) is 0 Å². The number of unbranched alkanes of at least 4 members (excludes halogenated alkanes) is 8. The van der Waals surface area contributed by atoms with Gasteiger partial charge in [0.2, 0.25) is 0 Å². The standard InChI is InChI=1S/C16H35N3/c1-3-5-7-9-11-13-15(17)19-16(18)14-12-10-8-6-4-2/h15-16,19H,1-14,17-18H2. The lowest BCUT2D eigenvalue weighted by Crippen LogP contribution is -2.48. The SMILES string of the molecule is [CH2]CCCCCCC(N)NC(N)CCCCCC[CH2]. The van der Waals surface area contributed by atoms with Crippen molar-refractivity contribution in [2.24, 2.45) is 11.5 Å². The summed E-state index contributed by atoms with van der Waals surface area (Å²) in [4.78, 5) is 0. The lowest BCUT2D eigenvalue weighted by molar-refractivity contribution is 0.382. The van der Waals surface area contributed by atoms with Gasteiger partial charge in [0, 0.05) is 0 Å². The van der Waals surface area contributed by atoms with Gasteiger partial charge in [-0.15, -0.1) is 0 Å². The summed E-state index contributed by atoms with van der Waals surface area (Å²) >= 11 is 0. The molecule has 114 valence electrons. The molecule has 0 aromatic heterocycles. The maximum atomic E-state index is 6.03. The molecule has 2 radical (unpaired) electrons. The van der Waals surface area contributed by atoms with Gasteiger partial charge < -0.3 is 11.5 Å². The molecule has 3 nitrogen and oxygen atoms in total. The van der Waals surface area contributed by atoms with Crippen LogP contribution in [0.5, 0.6) is 0 Å². The molecule has 0 saturated carbocycles. The predicted octanol–water partition coefficient (Wildman–Crippen LogP) is 3.49. The van der Waals surface area contributed by atoms with Crippen molar-refractivity contribution in [2.75, 3.05) is 0 Å². The zero-order chi connectivity index (χ0) is 14.3. The summed E-state index contributed by atoms with van der Waals surface area (Å²) < 4.78 is 0. The van der Waals surface area contributed by atoms with Gasteiger partial charge in [-0.2, -0.15) is 0 Å². The summed E-state index contributed by atoms with van der Waals surface area (Å²) in [5.41, 5.74) is 12.1. The minimum absolute atomic E-state index is 0.0505. The van der Waals surface area contributed by atoms with Gasteiger partial charge >= 0.3 is 0 Å². The van der Waals surface area contributed by atoms with Gasteiger partial charge in [0.05, 0.1) is 12.3 Å². The summed E-state index contributed by atoms with van der Waals surface area (Å²) in [6.07, 6.45) is 14.1. The summed E-state index contributed by atoms with van der Waals surface area (Å²) in [6, 6.07) is 0. The Bertz CT molecular complexity index is 155. The zero-order valence-electron chi connectivity index (χ0n) is 12.7. The Hall–Kier alpha value is -0.120. The first kappa shape index (κ1) is 18.9. The van der Waals surface area contributed by atoms with Gasteiger partial charge in [-0.05, 0) is 12.8 Å². The first-order valence-electron chi connectivity index (χ1n) is 8.06. The minimum atomic E-state index is 0.0505. The summed E-state index contributed by atoms with van der Waals surface area (Å²) in [5.74, 6) is 0. The average Bonchev–Trinajstić information content (AvgIpc) is 2.38. The fourth-order valence-corrected chi connectivity index (χ4v) is 2.23. The van der Waals surface area contributed by atoms with Crippen LogP contribution in [-0.4, -0.2) is 12.3 Å². The molecule has 5 N–H and O–H groups in total. The van der Waals surface area contributed by atoms with E-state index in [9.17, 15) is 0 Å². The smallest absolute Gasteiger partial charge is 0.0558 e. The zero-order valence-corrected chi connectivity index (χ0v) is 12.7. The molecule has 0 aromatic rings. The van der Waals surface area contributed by atoms with Gasteiger partial charge in [-0.3, -0.25) is 5.32 Å². The van der Waals surface area contributed by atoms with Crippen LogP contribution in [0.3, 0.4) is 0 Å². The second kappa shape index (κ2) is 14.3. The van der Waals surface area contributed by atoms with Crippen LogP contribution in [0.2, 0.25) is 0 Å². The molecular formula is C16H35N3. The molecule has 0 saturated heterocycles. The monoisotopic (exact) mass is 269 g/mol. The second-order valence-corrected chi connectivity index (χ2v) is 5.49. The molecule has 0 bridgehead atoms. The van der Waals surface area contributed by atoms with E-state index in [1.165, 1.54) is 51.4 Å². The van der Waals surface area contributed by atoms with Crippen molar-refractivity contribution in [3.8, 4) is 0 Å². The third kappa shape index (κ3) is 14.1. The minimum Gasteiger partial charge on any atom is -0.316 e. The molecule has 0 heterocycles. The molecule has 0 aromatic carbocycles. The second-order valence-electron chi connectivity index (χ2n) is 5.49. The Morgan fingerprint density at radius 3 is 1.37 bits per heavy atom. The topological polar surface area (TPSA) is 64.1 Å². The molecule has 19 heavy (non-hydrogen) atoms. The predicted molar refractivity (Wildman–Crippen MR) is 85.2 cm³/mol. The molecule has 0 aliphatic carbocycles. The van der Waals surface area contributed by atoms with Crippen LogP contribution in [0.25, 0.3) is 0 Å². The number of nitrogens with two attached hydrogens (primary N) is 2. The van der Waals surface area contributed by atoms with Gasteiger partial charge in [0.25, 0.3) is 0 Å². The highest BCUT2D eigenvalue weighted by molar-refractivity contribution is 4.66. The van der Waals surface area contributed by atoms with Crippen LogP contribution < -0.4 is 16.8 Å². The molecule has 3 heteroatoms. The Kier molecular flexibility index (Phi) is 14.2. The van der Waals surface area contributed by atoms with Crippen LogP contribution in [-0.2, 0) is 0 Å². The first-order chi connectivity index (χ1) is 9.20.